The third-order valence-corrected chi connectivity index (χ3v) is 4.25. The van der Waals surface area contributed by atoms with Crippen molar-refractivity contribution < 1.29 is 9.50 Å². The SMILES string of the molecule is Cc1ccc(F)c(C(O)Cc2cc(Br)cs2)c1. The van der Waals surface area contributed by atoms with Gasteiger partial charge in [0.2, 0.25) is 0 Å². The molecule has 1 nitrogen and oxygen atoms in total. The zero-order valence-corrected chi connectivity index (χ0v) is 11.7. The monoisotopic (exact) mass is 314 g/mol. The maximum Gasteiger partial charge on any atom is 0.129 e. The fourth-order valence-corrected chi connectivity index (χ4v) is 3.17. The van der Waals surface area contributed by atoms with E-state index in [4.69, 9.17) is 0 Å². The summed E-state index contributed by atoms with van der Waals surface area (Å²) < 4.78 is 14.6. The smallest absolute Gasteiger partial charge is 0.129 e. The quantitative estimate of drug-likeness (QED) is 0.898. The average Bonchev–Trinajstić information content (AvgIpc) is 2.67. The zero-order chi connectivity index (χ0) is 12.4. The summed E-state index contributed by atoms with van der Waals surface area (Å²) in [4.78, 5) is 1.03. The second-order valence-electron chi connectivity index (χ2n) is 3.98. The van der Waals surface area contributed by atoms with Crippen molar-refractivity contribution in [2.24, 2.45) is 0 Å². The van der Waals surface area contributed by atoms with Crippen LogP contribution in [0.15, 0.2) is 34.1 Å². The van der Waals surface area contributed by atoms with Crippen LogP contribution < -0.4 is 0 Å². The van der Waals surface area contributed by atoms with Crippen LogP contribution in [0.5, 0.6) is 0 Å². The molecule has 1 aromatic heterocycles. The Hall–Kier alpha value is -0.710. The van der Waals surface area contributed by atoms with Crippen molar-refractivity contribution in [2.75, 3.05) is 0 Å². The topological polar surface area (TPSA) is 20.2 Å². The van der Waals surface area contributed by atoms with Gasteiger partial charge < -0.3 is 5.11 Å². The Morgan fingerprint density at radius 3 is 2.82 bits per heavy atom. The van der Waals surface area contributed by atoms with Crippen LogP contribution in [0.4, 0.5) is 4.39 Å². The summed E-state index contributed by atoms with van der Waals surface area (Å²) in [6, 6.07) is 6.75. The first-order valence-electron chi connectivity index (χ1n) is 5.23. The summed E-state index contributed by atoms with van der Waals surface area (Å²) in [5.41, 5.74) is 1.32. The van der Waals surface area contributed by atoms with Crippen LogP contribution in [-0.4, -0.2) is 5.11 Å². The van der Waals surface area contributed by atoms with Gasteiger partial charge in [-0.2, -0.15) is 0 Å². The Kier molecular flexibility index (Phi) is 3.97. The van der Waals surface area contributed by atoms with Crippen molar-refractivity contribution in [3.05, 3.63) is 55.9 Å². The van der Waals surface area contributed by atoms with Gasteiger partial charge in [-0.05, 0) is 35.0 Å². The van der Waals surface area contributed by atoms with E-state index in [0.717, 1.165) is 14.9 Å². The van der Waals surface area contributed by atoms with Gasteiger partial charge in [-0.3, -0.25) is 0 Å². The summed E-state index contributed by atoms with van der Waals surface area (Å²) in [6.07, 6.45) is -0.350. The number of aryl methyl sites for hydroxylation is 1. The highest BCUT2D eigenvalue weighted by Gasteiger charge is 2.14. The minimum absolute atomic E-state index is 0.348. The van der Waals surface area contributed by atoms with Gasteiger partial charge in [-0.1, -0.05) is 17.7 Å². The largest absolute Gasteiger partial charge is 0.388 e. The Balaban J connectivity index is 2.19. The highest BCUT2D eigenvalue weighted by Crippen LogP contribution is 2.27. The molecule has 0 aliphatic rings. The molecule has 0 saturated heterocycles. The molecule has 90 valence electrons. The van der Waals surface area contributed by atoms with Gasteiger partial charge in [0.05, 0.1) is 6.10 Å². The minimum atomic E-state index is -0.791. The number of thiophene rings is 1. The fraction of sp³-hybridized carbons (Fsp3) is 0.231. The van der Waals surface area contributed by atoms with E-state index in [1.54, 1.807) is 23.5 Å². The molecular weight excluding hydrogens is 303 g/mol. The molecule has 2 aromatic rings. The summed E-state index contributed by atoms with van der Waals surface area (Å²) in [7, 11) is 0. The number of hydrogen-bond acceptors (Lipinski definition) is 2. The van der Waals surface area contributed by atoms with E-state index in [1.807, 2.05) is 18.4 Å². The summed E-state index contributed by atoms with van der Waals surface area (Å²) in [6.45, 7) is 1.89. The third-order valence-electron chi connectivity index (χ3n) is 2.53. The van der Waals surface area contributed by atoms with Gasteiger partial charge in [-0.25, -0.2) is 4.39 Å². The maximum atomic E-state index is 13.6. The molecule has 0 radical (unpaired) electrons. The molecule has 0 amide bonds. The predicted molar refractivity (Wildman–Crippen MR) is 71.8 cm³/mol. The van der Waals surface area contributed by atoms with E-state index in [2.05, 4.69) is 15.9 Å². The molecule has 1 atom stereocenters. The highest BCUT2D eigenvalue weighted by atomic mass is 79.9. The molecule has 1 N–H and O–H groups in total. The van der Waals surface area contributed by atoms with Gasteiger partial charge in [0.25, 0.3) is 0 Å². The molecule has 1 unspecified atom stereocenters. The van der Waals surface area contributed by atoms with Gasteiger partial charge >= 0.3 is 0 Å². The van der Waals surface area contributed by atoms with Crippen molar-refractivity contribution >= 4 is 27.3 Å². The molecule has 0 bridgehead atoms. The molecule has 0 aliphatic carbocycles. The van der Waals surface area contributed by atoms with Gasteiger partial charge in [-0.15, -0.1) is 11.3 Å². The van der Waals surface area contributed by atoms with Crippen LogP contribution in [0.2, 0.25) is 0 Å². The lowest BCUT2D eigenvalue weighted by Gasteiger charge is -2.11. The van der Waals surface area contributed by atoms with Crippen molar-refractivity contribution in [3.8, 4) is 0 Å². The van der Waals surface area contributed by atoms with Crippen LogP contribution in [0.1, 0.15) is 22.1 Å². The number of aliphatic hydroxyl groups excluding tert-OH is 1. The summed E-state index contributed by atoms with van der Waals surface area (Å²) in [5, 5.41) is 12.0. The van der Waals surface area contributed by atoms with Gasteiger partial charge in [0, 0.05) is 26.7 Å². The first kappa shape index (κ1) is 12.7. The third kappa shape index (κ3) is 3.15. The second kappa shape index (κ2) is 5.29. The lowest BCUT2D eigenvalue weighted by atomic mass is 10.0. The lowest BCUT2D eigenvalue weighted by Crippen LogP contribution is -2.03. The van der Waals surface area contributed by atoms with Crippen LogP contribution in [0.3, 0.4) is 0 Å². The highest BCUT2D eigenvalue weighted by molar-refractivity contribution is 9.10. The molecule has 0 fully saturated rings. The number of aliphatic hydroxyl groups is 1. The predicted octanol–water partition coefficient (Wildman–Crippen LogP) is 4.23. The Labute approximate surface area is 112 Å². The van der Waals surface area contributed by atoms with E-state index in [1.165, 1.54) is 6.07 Å². The van der Waals surface area contributed by atoms with Crippen LogP contribution in [-0.2, 0) is 6.42 Å². The van der Waals surface area contributed by atoms with Gasteiger partial charge in [0.15, 0.2) is 0 Å². The van der Waals surface area contributed by atoms with Crippen molar-refractivity contribution in [1.82, 2.24) is 0 Å². The molecule has 17 heavy (non-hydrogen) atoms. The number of benzene rings is 1. The molecule has 2 rings (SSSR count). The summed E-state index contributed by atoms with van der Waals surface area (Å²) in [5.74, 6) is -0.348. The zero-order valence-electron chi connectivity index (χ0n) is 9.28. The molecule has 4 heteroatoms. The van der Waals surface area contributed by atoms with Crippen LogP contribution in [0.25, 0.3) is 0 Å². The van der Waals surface area contributed by atoms with E-state index in [-0.39, 0.29) is 5.82 Å². The fourth-order valence-electron chi connectivity index (χ4n) is 1.68. The molecule has 0 spiro atoms. The first-order chi connectivity index (χ1) is 8.06. The number of rotatable bonds is 3. The van der Waals surface area contributed by atoms with Crippen molar-refractivity contribution in [3.63, 3.8) is 0 Å². The number of hydrogen-bond donors (Lipinski definition) is 1. The van der Waals surface area contributed by atoms with Crippen LogP contribution in [0, 0.1) is 12.7 Å². The van der Waals surface area contributed by atoms with E-state index < -0.39 is 6.10 Å². The summed E-state index contributed by atoms with van der Waals surface area (Å²) >= 11 is 4.91. The van der Waals surface area contributed by atoms with Crippen molar-refractivity contribution in [1.29, 1.82) is 0 Å². The first-order valence-corrected chi connectivity index (χ1v) is 6.90. The second-order valence-corrected chi connectivity index (χ2v) is 5.89. The Bertz CT molecular complexity index is 524. The standard InChI is InChI=1S/C13H12BrFOS/c1-8-2-3-12(15)11(4-8)13(16)6-10-5-9(14)7-17-10/h2-5,7,13,16H,6H2,1H3. The molecular formula is C13H12BrFOS. The average molecular weight is 315 g/mol. The molecule has 1 aromatic carbocycles. The Morgan fingerprint density at radius 2 is 2.18 bits per heavy atom. The Morgan fingerprint density at radius 1 is 1.41 bits per heavy atom. The van der Waals surface area contributed by atoms with Gasteiger partial charge in [0.1, 0.15) is 5.82 Å². The molecule has 0 saturated carbocycles. The molecule has 1 heterocycles. The normalized spacial score (nSPS) is 12.7. The van der Waals surface area contributed by atoms with Crippen LogP contribution >= 0.6 is 27.3 Å². The van der Waals surface area contributed by atoms with E-state index in [0.29, 0.717) is 12.0 Å². The lowest BCUT2D eigenvalue weighted by molar-refractivity contribution is 0.174. The number of halogens is 2. The maximum absolute atomic E-state index is 13.6. The van der Waals surface area contributed by atoms with E-state index in [9.17, 15) is 9.50 Å². The van der Waals surface area contributed by atoms with Crippen molar-refractivity contribution in [2.45, 2.75) is 19.4 Å². The molecule has 0 aliphatic heterocycles. The van der Waals surface area contributed by atoms with E-state index >= 15 is 0 Å². The minimum Gasteiger partial charge on any atom is -0.388 e.